The Balaban J connectivity index is 3.85. The summed E-state index contributed by atoms with van der Waals surface area (Å²) in [5.74, 6) is 0.794. The third kappa shape index (κ3) is 3.54. The Labute approximate surface area is 64.1 Å². The maximum Gasteiger partial charge on any atom is 0.100 e. The van der Waals surface area contributed by atoms with E-state index in [1.807, 2.05) is 6.92 Å². The normalized spacial score (nSPS) is 14.5. The molecule has 1 heteroatoms. The van der Waals surface area contributed by atoms with Crippen molar-refractivity contribution in [1.29, 1.82) is 0 Å². The van der Waals surface area contributed by atoms with Gasteiger partial charge >= 0.3 is 0 Å². The lowest BCUT2D eigenvalue weighted by Gasteiger charge is -2.27. The highest BCUT2D eigenvalue weighted by Gasteiger charge is 2.20. The molecule has 0 aromatic heterocycles. The zero-order valence-corrected chi connectivity index (χ0v) is 7.69. The maximum absolute atomic E-state index is 5.42. The van der Waals surface area contributed by atoms with E-state index in [0.717, 1.165) is 5.76 Å². The van der Waals surface area contributed by atoms with Gasteiger partial charge in [-0.3, -0.25) is 0 Å². The van der Waals surface area contributed by atoms with E-state index >= 15 is 0 Å². The molecule has 0 spiro atoms. The average molecular weight is 142 g/mol. The van der Waals surface area contributed by atoms with Gasteiger partial charge in [-0.2, -0.15) is 0 Å². The van der Waals surface area contributed by atoms with Crippen molar-refractivity contribution in [2.75, 3.05) is 0 Å². The van der Waals surface area contributed by atoms with Gasteiger partial charge in [0.05, 0.1) is 5.76 Å². The zero-order valence-electron chi connectivity index (χ0n) is 7.69. The second kappa shape index (κ2) is 3.09. The minimum atomic E-state index is 0.207. The largest absolute Gasteiger partial charge is 0.495 e. The van der Waals surface area contributed by atoms with Gasteiger partial charge in [0.1, 0.15) is 6.10 Å². The molecule has 60 valence electrons. The number of rotatable bonds is 2. The predicted molar refractivity (Wildman–Crippen MR) is 44.8 cm³/mol. The summed E-state index contributed by atoms with van der Waals surface area (Å²) in [5, 5.41) is 0. The first-order valence-electron chi connectivity index (χ1n) is 3.66. The summed E-state index contributed by atoms with van der Waals surface area (Å²) in [7, 11) is 0. The minimum Gasteiger partial charge on any atom is -0.495 e. The summed E-state index contributed by atoms with van der Waals surface area (Å²) in [6, 6.07) is 0. The third-order valence-corrected chi connectivity index (χ3v) is 1.60. The Hall–Kier alpha value is -0.460. The average Bonchev–Trinajstić information content (AvgIpc) is 1.60. The lowest BCUT2D eigenvalue weighted by Crippen LogP contribution is -2.25. The van der Waals surface area contributed by atoms with Crippen molar-refractivity contribution in [3.8, 4) is 0 Å². The fourth-order valence-corrected chi connectivity index (χ4v) is 0.479. The Morgan fingerprint density at radius 1 is 1.40 bits per heavy atom. The van der Waals surface area contributed by atoms with Gasteiger partial charge in [-0.25, -0.2) is 0 Å². The second-order valence-electron chi connectivity index (χ2n) is 3.83. The molecule has 1 atom stereocenters. The molecule has 0 aliphatic heterocycles. The van der Waals surface area contributed by atoms with Crippen LogP contribution in [0.25, 0.3) is 0 Å². The first kappa shape index (κ1) is 9.54. The molecule has 10 heavy (non-hydrogen) atoms. The molecule has 0 aromatic rings. The summed E-state index contributed by atoms with van der Waals surface area (Å²) in [6.45, 7) is 14.1. The van der Waals surface area contributed by atoms with E-state index in [9.17, 15) is 0 Å². The molecule has 1 unspecified atom stereocenters. The van der Waals surface area contributed by atoms with E-state index in [1.165, 1.54) is 0 Å². The van der Waals surface area contributed by atoms with E-state index in [-0.39, 0.29) is 11.5 Å². The van der Waals surface area contributed by atoms with Crippen molar-refractivity contribution in [3.63, 3.8) is 0 Å². The van der Waals surface area contributed by atoms with Gasteiger partial charge < -0.3 is 4.74 Å². The van der Waals surface area contributed by atoms with Crippen LogP contribution >= 0.6 is 0 Å². The highest BCUT2D eigenvalue weighted by atomic mass is 16.5. The standard InChI is InChI=1S/C9H18O/c1-7(2)10-8(3)9(4,5)6/h8H,1H2,2-6H3. The Morgan fingerprint density at radius 2 is 1.80 bits per heavy atom. The van der Waals surface area contributed by atoms with Crippen LogP contribution < -0.4 is 0 Å². The van der Waals surface area contributed by atoms with Crippen molar-refractivity contribution >= 4 is 0 Å². The minimum absolute atomic E-state index is 0.207. The molecule has 0 radical (unpaired) electrons. The molecule has 0 saturated heterocycles. The highest BCUT2D eigenvalue weighted by molar-refractivity contribution is 4.80. The molecule has 0 aromatic carbocycles. The van der Waals surface area contributed by atoms with Crippen LogP contribution in [0.1, 0.15) is 34.6 Å². The van der Waals surface area contributed by atoms with Gasteiger partial charge in [-0.1, -0.05) is 27.4 Å². The van der Waals surface area contributed by atoms with Crippen LogP contribution in [0.5, 0.6) is 0 Å². The molecule has 0 fully saturated rings. The van der Waals surface area contributed by atoms with Crippen LogP contribution in [0.3, 0.4) is 0 Å². The van der Waals surface area contributed by atoms with E-state index in [4.69, 9.17) is 4.74 Å². The second-order valence-corrected chi connectivity index (χ2v) is 3.83. The summed E-state index contributed by atoms with van der Waals surface area (Å²) < 4.78 is 5.42. The summed E-state index contributed by atoms with van der Waals surface area (Å²) >= 11 is 0. The first-order chi connectivity index (χ1) is 4.34. The van der Waals surface area contributed by atoms with E-state index in [1.54, 1.807) is 0 Å². The molecule has 0 heterocycles. The summed E-state index contributed by atoms with van der Waals surface area (Å²) in [4.78, 5) is 0. The lowest BCUT2D eigenvalue weighted by atomic mass is 9.90. The molecular weight excluding hydrogens is 124 g/mol. The number of hydrogen-bond acceptors (Lipinski definition) is 1. The maximum atomic E-state index is 5.42. The van der Waals surface area contributed by atoms with Gasteiger partial charge in [0.15, 0.2) is 0 Å². The topological polar surface area (TPSA) is 9.23 Å². The van der Waals surface area contributed by atoms with Crippen LogP contribution in [0.15, 0.2) is 12.3 Å². The lowest BCUT2D eigenvalue weighted by molar-refractivity contribution is 0.0434. The van der Waals surface area contributed by atoms with Gasteiger partial charge in [0, 0.05) is 0 Å². The van der Waals surface area contributed by atoms with Crippen molar-refractivity contribution in [3.05, 3.63) is 12.3 Å². The fourth-order valence-electron chi connectivity index (χ4n) is 0.479. The van der Waals surface area contributed by atoms with Crippen LogP contribution in [0.2, 0.25) is 0 Å². The molecule has 0 rings (SSSR count). The summed E-state index contributed by atoms with van der Waals surface area (Å²) in [6.07, 6.45) is 0.241. The molecule has 1 nitrogen and oxygen atoms in total. The van der Waals surface area contributed by atoms with Gasteiger partial charge in [0.2, 0.25) is 0 Å². The Kier molecular flexibility index (Phi) is 2.95. The molecule has 0 bridgehead atoms. The van der Waals surface area contributed by atoms with E-state index in [2.05, 4.69) is 34.3 Å². The van der Waals surface area contributed by atoms with Gasteiger partial charge in [-0.05, 0) is 19.3 Å². The van der Waals surface area contributed by atoms with Crippen molar-refractivity contribution in [2.24, 2.45) is 5.41 Å². The summed E-state index contributed by atoms with van der Waals surface area (Å²) in [5.41, 5.74) is 0.207. The molecule has 0 amide bonds. The third-order valence-electron chi connectivity index (χ3n) is 1.60. The quantitative estimate of drug-likeness (QED) is 0.538. The number of ether oxygens (including phenoxy) is 1. The Morgan fingerprint density at radius 3 is 1.90 bits per heavy atom. The number of hydrogen-bond donors (Lipinski definition) is 0. The van der Waals surface area contributed by atoms with E-state index in [0.29, 0.717) is 0 Å². The van der Waals surface area contributed by atoms with Crippen molar-refractivity contribution < 1.29 is 4.74 Å². The SMILES string of the molecule is C=C(C)OC(C)C(C)(C)C. The molecule has 0 N–H and O–H groups in total. The zero-order chi connectivity index (χ0) is 8.36. The van der Waals surface area contributed by atoms with Crippen LogP contribution in [-0.4, -0.2) is 6.10 Å². The highest BCUT2D eigenvalue weighted by Crippen LogP contribution is 2.22. The first-order valence-corrected chi connectivity index (χ1v) is 3.66. The van der Waals surface area contributed by atoms with Crippen molar-refractivity contribution in [2.45, 2.75) is 40.7 Å². The van der Waals surface area contributed by atoms with Gasteiger partial charge in [-0.15, -0.1) is 0 Å². The molecule has 0 saturated carbocycles. The molecule has 0 aliphatic carbocycles. The van der Waals surface area contributed by atoms with Crippen molar-refractivity contribution in [1.82, 2.24) is 0 Å². The van der Waals surface area contributed by atoms with Crippen LogP contribution in [0.4, 0.5) is 0 Å². The van der Waals surface area contributed by atoms with E-state index < -0.39 is 0 Å². The predicted octanol–water partition coefficient (Wildman–Crippen LogP) is 2.97. The molecule has 0 aliphatic rings. The molecular formula is C9H18O. The van der Waals surface area contributed by atoms with Crippen LogP contribution in [-0.2, 0) is 4.74 Å². The monoisotopic (exact) mass is 142 g/mol. The Bertz CT molecular complexity index is 119. The smallest absolute Gasteiger partial charge is 0.100 e. The number of allylic oxidation sites excluding steroid dienone is 1. The van der Waals surface area contributed by atoms with Crippen LogP contribution in [0, 0.1) is 5.41 Å². The fraction of sp³-hybridized carbons (Fsp3) is 0.778. The van der Waals surface area contributed by atoms with Gasteiger partial charge in [0.25, 0.3) is 0 Å².